The Bertz CT molecular complexity index is 2220. The number of esters is 1. The zero-order valence-corrected chi connectivity index (χ0v) is 29.8. The number of hydrogen-bond donors (Lipinski definition) is 2. The standard InChI is InChI=1S/C43H40N6O4/c1-4-48-37(28-50)44-38(39(48)42(2,3)52)41(51)53-29-30-24-26-31(27-25-30)35-22-14-15-23-36(35)40-45-46-47-49(40)43(32-16-8-5-9-17-32,33-18-10-6-11-19-33)34-20-12-7-13-21-34/h5-27,50,52H,4,28-29H2,1-3H3. The summed E-state index contributed by atoms with van der Waals surface area (Å²) in [6, 6.07) is 46.6. The maximum Gasteiger partial charge on any atom is 0.359 e. The van der Waals surface area contributed by atoms with Gasteiger partial charge in [-0.3, -0.25) is 0 Å². The first-order chi connectivity index (χ1) is 25.8. The molecule has 0 amide bonds. The lowest BCUT2D eigenvalue weighted by Crippen LogP contribution is -2.39. The molecule has 10 heteroatoms. The highest BCUT2D eigenvalue weighted by molar-refractivity contribution is 5.89. The highest BCUT2D eigenvalue weighted by atomic mass is 16.5. The van der Waals surface area contributed by atoms with E-state index in [1.165, 1.54) is 0 Å². The van der Waals surface area contributed by atoms with Crippen molar-refractivity contribution in [3.8, 4) is 22.5 Å². The second-order valence-corrected chi connectivity index (χ2v) is 13.2. The van der Waals surface area contributed by atoms with Gasteiger partial charge in [0.05, 0.1) is 5.69 Å². The number of nitrogens with zero attached hydrogens (tertiary/aromatic N) is 6. The minimum atomic E-state index is -1.37. The molecule has 266 valence electrons. The average molecular weight is 705 g/mol. The van der Waals surface area contributed by atoms with E-state index in [-0.39, 0.29) is 18.9 Å². The summed E-state index contributed by atoms with van der Waals surface area (Å²) < 4.78 is 9.24. The molecule has 10 nitrogen and oxygen atoms in total. The van der Waals surface area contributed by atoms with Crippen LogP contribution >= 0.6 is 0 Å². The minimum absolute atomic E-state index is 0.00844. The highest BCUT2D eigenvalue weighted by Crippen LogP contribution is 2.43. The molecular weight excluding hydrogens is 665 g/mol. The maximum absolute atomic E-state index is 13.3. The second kappa shape index (κ2) is 14.8. The van der Waals surface area contributed by atoms with Crippen LogP contribution in [0.15, 0.2) is 140 Å². The van der Waals surface area contributed by atoms with Crippen molar-refractivity contribution in [2.45, 2.75) is 51.7 Å². The summed E-state index contributed by atoms with van der Waals surface area (Å²) >= 11 is 0. The molecule has 0 aliphatic carbocycles. The SMILES string of the molecule is CCn1c(CO)nc(C(=O)OCc2ccc(-c3ccccc3-c3nnnn3C(c3ccccc3)(c3ccccc3)c3ccccc3)cc2)c1C(C)(C)O. The van der Waals surface area contributed by atoms with Gasteiger partial charge in [-0.05, 0) is 64.6 Å². The van der Waals surface area contributed by atoms with E-state index in [2.05, 4.69) is 51.7 Å². The van der Waals surface area contributed by atoms with Crippen molar-refractivity contribution in [3.05, 3.63) is 179 Å². The Morgan fingerprint density at radius 2 is 1.26 bits per heavy atom. The monoisotopic (exact) mass is 704 g/mol. The Morgan fingerprint density at radius 1 is 0.736 bits per heavy atom. The minimum Gasteiger partial charge on any atom is -0.456 e. The Hall–Kier alpha value is -6.23. The van der Waals surface area contributed by atoms with E-state index in [4.69, 9.17) is 9.95 Å². The number of aromatic nitrogens is 6. The molecule has 0 saturated carbocycles. The molecule has 5 aromatic carbocycles. The van der Waals surface area contributed by atoms with E-state index in [1.807, 2.05) is 115 Å². The third-order valence-electron chi connectivity index (χ3n) is 9.44. The summed E-state index contributed by atoms with van der Waals surface area (Å²) in [4.78, 5) is 17.6. The molecule has 2 N–H and O–H groups in total. The summed E-state index contributed by atoms with van der Waals surface area (Å²) in [6.07, 6.45) is 0. The zero-order valence-electron chi connectivity index (χ0n) is 29.8. The van der Waals surface area contributed by atoms with Gasteiger partial charge in [-0.25, -0.2) is 14.5 Å². The Kier molecular flexibility index (Phi) is 9.82. The van der Waals surface area contributed by atoms with Gasteiger partial charge >= 0.3 is 5.97 Å². The first kappa shape index (κ1) is 35.2. The molecule has 0 bridgehead atoms. The van der Waals surface area contributed by atoms with E-state index in [1.54, 1.807) is 18.4 Å². The summed E-state index contributed by atoms with van der Waals surface area (Å²) in [7, 11) is 0. The van der Waals surface area contributed by atoms with Crippen LogP contribution < -0.4 is 0 Å². The van der Waals surface area contributed by atoms with Gasteiger partial charge in [0.1, 0.15) is 30.2 Å². The van der Waals surface area contributed by atoms with E-state index in [0.29, 0.717) is 23.9 Å². The van der Waals surface area contributed by atoms with Crippen molar-refractivity contribution in [1.29, 1.82) is 0 Å². The summed E-state index contributed by atoms with van der Waals surface area (Å²) in [5, 5.41) is 34.3. The van der Waals surface area contributed by atoms with Crippen LogP contribution in [-0.4, -0.2) is 45.9 Å². The number of aliphatic hydroxyl groups is 2. The van der Waals surface area contributed by atoms with Crippen molar-refractivity contribution in [2.24, 2.45) is 0 Å². The quantitative estimate of drug-likeness (QED) is 0.102. The van der Waals surface area contributed by atoms with Gasteiger partial charge in [0, 0.05) is 12.1 Å². The fourth-order valence-corrected chi connectivity index (χ4v) is 7.14. The molecule has 2 heterocycles. The number of tetrazole rings is 1. The van der Waals surface area contributed by atoms with Crippen molar-refractivity contribution >= 4 is 5.97 Å². The first-order valence-electron chi connectivity index (χ1n) is 17.5. The number of hydrogen-bond acceptors (Lipinski definition) is 8. The molecule has 53 heavy (non-hydrogen) atoms. The number of ether oxygens (including phenoxy) is 1. The lowest BCUT2D eigenvalue weighted by atomic mass is 9.77. The van der Waals surface area contributed by atoms with Crippen LogP contribution in [0.2, 0.25) is 0 Å². The van der Waals surface area contributed by atoms with Gasteiger partial charge in [0.15, 0.2) is 11.5 Å². The molecule has 0 aliphatic heterocycles. The molecule has 0 spiro atoms. The van der Waals surface area contributed by atoms with E-state index < -0.39 is 17.1 Å². The fraction of sp³-hybridized carbons (Fsp3) is 0.186. The maximum atomic E-state index is 13.3. The molecule has 0 saturated heterocycles. The van der Waals surface area contributed by atoms with Crippen LogP contribution in [0, 0.1) is 0 Å². The average Bonchev–Trinajstić information content (AvgIpc) is 3.85. The van der Waals surface area contributed by atoms with Crippen molar-refractivity contribution in [2.75, 3.05) is 0 Å². The molecular formula is C43H40N6O4. The topological polar surface area (TPSA) is 128 Å². The van der Waals surface area contributed by atoms with Gasteiger partial charge in [0.2, 0.25) is 0 Å². The van der Waals surface area contributed by atoms with Gasteiger partial charge in [-0.2, -0.15) is 0 Å². The van der Waals surface area contributed by atoms with Crippen molar-refractivity contribution in [3.63, 3.8) is 0 Å². The lowest BCUT2D eigenvalue weighted by molar-refractivity contribution is 0.0421. The third-order valence-corrected chi connectivity index (χ3v) is 9.44. The predicted octanol–water partition coefficient (Wildman–Crippen LogP) is 7.14. The Labute approximate surface area is 308 Å². The normalized spacial score (nSPS) is 11.8. The first-order valence-corrected chi connectivity index (χ1v) is 17.5. The van der Waals surface area contributed by atoms with Gasteiger partial charge in [0.25, 0.3) is 0 Å². The lowest BCUT2D eigenvalue weighted by Gasteiger charge is -2.36. The molecule has 0 radical (unpaired) electrons. The number of rotatable bonds is 12. The van der Waals surface area contributed by atoms with Crippen LogP contribution in [0.4, 0.5) is 0 Å². The predicted molar refractivity (Wildman–Crippen MR) is 201 cm³/mol. The molecule has 0 aliphatic rings. The van der Waals surface area contributed by atoms with Gasteiger partial charge in [-0.15, -0.1) is 5.10 Å². The second-order valence-electron chi connectivity index (χ2n) is 13.2. The summed E-state index contributed by atoms with van der Waals surface area (Å²) in [5.41, 5.74) is 4.49. The summed E-state index contributed by atoms with van der Waals surface area (Å²) in [6.45, 7) is 5.06. The van der Waals surface area contributed by atoms with E-state index in [0.717, 1.165) is 38.9 Å². The number of carbonyl (C=O) groups excluding carboxylic acids is 1. The number of aliphatic hydroxyl groups excluding tert-OH is 1. The number of carbonyl (C=O) groups is 1. The van der Waals surface area contributed by atoms with E-state index >= 15 is 0 Å². The van der Waals surface area contributed by atoms with Crippen LogP contribution in [0.5, 0.6) is 0 Å². The number of benzene rings is 5. The smallest absolute Gasteiger partial charge is 0.359 e. The third kappa shape index (κ3) is 6.54. The Balaban J connectivity index is 1.25. The highest BCUT2D eigenvalue weighted by Gasteiger charge is 2.42. The summed E-state index contributed by atoms with van der Waals surface area (Å²) in [5.74, 6) is 0.203. The zero-order chi connectivity index (χ0) is 37.0. The fourth-order valence-electron chi connectivity index (χ4n) is 7.14. The van der Waals surface area contributed by atoms with Crippen LogP contribution in [-0.2, 0) is 35.6 Å². The molecule has 0 atom stereocenters. The number of imidazole rings is 1. The molecule has 7 aromatic rings. The van der Waals surface area contributed by atoms with Crippen LogP contribution in [0.25, 0.3) is 22.5 Å². The van der Waals surface area contributed by atoms with Crippen molar-refractivity contribution in [1.82, 2.24) is 29.8 Å². The van der Waals surface area contributed by atoms with Gasteiger partial charge < -0.3 is 19.5 Å². The Morgan fingerprint density at radius 3 is 1.77 bits per heavy atom. The van der Waals surface area contributed by atoms with Crippen molar-refractivity contribution < 1.29 is 19.7 Å². The molecule has 2 aromatic heterocycles. The molecule has 7 rings (SSSR count). The van der Waals surface area contributed by atoms with E-state index in [9.17, 15) is 15.0 Å². The largest absolute Gasteiger partial charge is 0.456 e. The molecule has 0 unspecified atom stereocenters. The van der Waals surface area contributed by atoms with Crippen LogP contribution in [0.3, 0.4) is 0 Å². The molecule has 0 fully saturated rings. The van der Waals surface area contributed by atoms with Crippen LogP contribution in [0.1, 0.15) is 65.0 Å². The van der Waals surface area contributed by atoms with Gasteiger partial charge in [-0.1, -0.05) is 140 Å².